The summed E-state index contributed by atoms with van der Waals surface area (Å²) >= 11 is 0. The van der Waals surface area contributed by atoms with Gasteiger partial charge in [-0.25, -0.2) is 0 Å². The van der Waals surface area contributed by atoms with E-state index in [1.165, 1.54) is 4.57 Å². The first-order valence-corrected chi connectivity index (χ1v) is 4.63. The van der Waals surface area contributed by atoms with Gasteiger partial charge in [-0.1, -0.05) is 0 Å². The molecule has 2 rings (SSSR count). The summed E-state index contributed by atoms with van der Waals surface area (Å²) in [6, 6.07) is 0. The SMILES string of the molecule is O=C(O)Cc1c(O)nc2n(c1=O)CCC2. The van der Waals surface area contributed by atoms with Crippen LogP contribution in [0.4, 0.5) is 0 Å². The van der Waals surface area contributed by atoms with E-state index in [1.807, 2.05) is 0 Å². The summed E-state index contributed by atoms with van der Waals surface area (Å²) in [7, 11) is 0. The maximum Gasteiger partial charge on any atom is 0.308 e. The van der Waals surface area contributed by atoms with Crippen LogP contribution in [0.5, 0.6) is 5.88 Å². The second-order valence-corrected chi connectivity index (χ2v) is 3.46. The molecule has 80 valence electrons. The lowest BCUT2D eigenvalue weighted by molar-refractivity contribution is -0.136. The predicted octanol–water partition coefficient (Wildman–Crippen LogP) is -0.478. The van der Waals surface area contributed by atoms with Crippen molar-refractivity contribution in [1.29, 1.82) is 0 Å². The van der Waals surface area contributed by atoms with Crippen LogP contribution in [0.25, 0.3) is 0 Å². The van der Waals surface area contributed by atoms with E-state index in [2.05, 4.69) is 4.98 Å². The van der Waals surface area contributed by atoms with Crippen LogP contribution >= 0.6 is 0 Å². The number of aryl methyl sites for hydroxylation is 1. The molecule has 0 radical (unpaired) electrons. The molecule has 15 heavy (non-hydrogen) atoms. The van der Waals surface area contributed by atoms with Crippen LogP contribution < -0.4 is 5.56 Å². The van der Waals surface area contributed by atoms with Crippen LogP contribution in [0, 0.1) is 0 Å². The lowest BCUT2D eigenvalue weighted by Gasteiger charge is -2.06. The van der Waals surface area contributed by atoms with Crippen molar-refractivity contribution >= 4 is 5.97 Å². The second-order valence-electron chi connectivity index (χ2n) is 3.46. The molecule has 0 aromatic carbocycles. The fourth-order valence-corrected chi connectivity index (χ4v) is 1.75. The highest BCUT2D eigenvalue weighted by molar-refractivity contribution is 5.70. The summed E-state index contributed by atoms with van der Waals surface area (Å²) in [6.45, 7) is 0.550. The standard InChI is InChI=1S/C9H10N2O4/c12-7(13)4-5-8(14)10-6-2-1-3-11(6)9(5)15/h14H,1-4H2,(H,12,13). The molecule has 0 spiro atoms. The molecule has 1 aromatic heterocycles. The van der Waals surface area contributed by atoms with Crippen LogP contribution in [-0.4, -0.2) is 25.7 Å². The third-order valence-corrected chi connectivity index (χ3v) is 2.43. The Morgan fingerprint density at radius 1 is 1.53 bits per heavy atom. The molecular weight excluding hydrogens is 200 g/mol. The Hall–Kier alpha value is -1.85. The van der Waals surface area contributed by atoms with E-state index in [1.54, 1.807) is 0 Å². The van der Waals surface area contributed by atoms with Crippen molar-refractivity contribution in [2.75, 3.05) is 0 Å². The maximum atomic E-state index is 11.7. The molecule has 1 aromatic rings. The molecule has 0 saturated heterocycles. The van der Waals surface area contributed by atoms with E-state index in [4.69, 9.17) is 5.11 Å². The largest absolute Gasteiger partial charge is 0.493 e. The lowest BCUT2D eigenvalue weighted by Crippen LogP contribution is -2.26. The Labute approximate surface area is 84.8 Å². The zero-order valence-corrected chi connectivity index (χ0v) is 7.93. The van der Waals surface area contributed by atoms with Gasteiger partial charge in [0.1, 0.15) is 5.82 Å². The van der Waals surface area contributed by atoms with Gasteiger partial charge in [0.15, 0.2) is 0 Å². The normalized spacial score (nSPS) is 13.9. The fourth-order valence-electron chi connectivity index (χ4n) is 1.75. The summed E-state index contributed by atoms with van der Waals surface area (Å²) in [6.07, 6.45) is 0.965. The topological polar surface area (TPSA) is 92.4 Å². The number of hydrogen-bond acceptors (Lipinski definition) is 4. The van der Waals surface area contributed by atoms with Crippen LogP contribution in [-0.2, 0) is 24.2 Å². The van der Waals surface area contributed by atoms with Gasteiger partial charge < -0.3 is 10.2 Å². The highest BCUT2D eigenvalue weighted by Crippen LogP contribution is 2.16. The molecule has 2 N–H and O–H groups in total. The Kier molecular flexibility index (Phi) is 2.18. The van der Waals surface area contributed by atoms with E-state index in [0.29, 0.717) is 18.8 Å². The number of fused-ring (bicyclic) bond motifs is 1. The zero-order valence-electron chi connectivity index (χ0n) is 7.93. The molecule has 6 nitrogen and oxygen atoms in total. The third-order valence-electron chi connectivity index (χ3n) is 2.43. The molecule has 0 bridgehead atoms. The average Bonchev–Trinajstić information content (AvgIpc) is 2.59. The molecule has 0 atom stereocenters. The molecule has 2 heterocycles. The van der Waals surface area contributed by atoms with Gasteiger partial charge in [-0.3, -0.25) is 14.2 Å². The summed E-state index contributed by atoms with van der Waals surface area (Å²) < 4.78 is 1.43. The number of aliphatic carboxylic acids is 1. The van der Waals surface area contributed by atoms with Crippen LogP contribution in [0.1, 0.15) is 17.8 Å². The van der Waals surface area contributed by atoms with Gasteiger partial charge in [-0.15, -0.1) is 0 Å². The van der Waals surface area contributed by atoms with Crippen LogP contribution in [0.15, 0.2) is 4.79 Å². The maximum absolute atomic E-state index is 11.7. The summed E-state index contributed by atoms with van der Waals surface area (Å²) in [5.74, 6) is -1.06. The average molecular weight is 210 g/mol. The van der Waals surface area contributed by atoms with Crippen molar-refractivity contribution in [3.8, 4) is 5.88 Å². The van der Waals surface area contributed by atoms with E-state index in [-0.39, 0.29) is 5.56 Å². The third kappa shape index (κ3) is 1.58. The van der Waals surface area contributed by atoms with Crippen molar-refractivity contribution < 1.29 is 15.0 Å². The zero-order chi connectivity index (χ0) is 11.0. The Morgan fingerprint density at radius 2 is 2.27 bits per heavy atom. The van der Waals surface area contributed by atoms with Gasteiger partial charge in [0.2, 0.25) is 5.88 Å². The number of rotatable bonds is 2. The molecule has 0 fully saturated rings. The summed E-state index contributed by atoms with van der Waals surface area (Å²) in [5, 5.41) is 18.0. The van der Waals surface area contributed by atoms with Gasteiger partial charge in [0.25, 0.3) is 5.56 Å². The highest BCUT2D eigenvalue weighted by atomic mass is 16.4. The van der Waals surface area contributed by atoms with Crippen molar-refractivity contribution in [3.05, 3.63) is 21.7 Å². The minimum absolute atomic E-state index is 0.131. The molecule has 1 aliphatic rings. The molecule has 1 aliphatic heterocycles. The molecule has 0 unspecified atom stereocenters. The van der Waals surface area contributed by atoms with E-state index in [9.17, 15) is 14.7 Å². The molecule has 0 amide bonds. The predicted molar refractivity (Wildman–Crippen MR) is 49.8 cm³/mol. The number of aromatic hydroxyl groups is 1. The smallest absolute Gasteiger partial charge is 0.308 e. The molecule has 0 aliphatic carbocycles. The molecular formula is C9H10N2O4. The van der Waals surface area contributed by atoms with E-state index >= 15 is 0 Å². The van der Waals surface area contributed by atoms with Crippen LogP contribution in [0.2, 0.25) is 0 Å². The fraction of sp³-hybridized carbons (Fsp3) is 0.444. The van der Waals surface area contributed by atoms with Gasteiger partial charge in [0, 0.05) is 13.0 Å². The van der Waals surface area contributed by atoms with E-state index < -0.39 is 23.8 Å². The minimum Gasteiger partial charge on any atom is -0.493 e. The highest BCUT2D eigenvalue weighted by Gasteiger charge is 2.20. The van der Waals surface area contributed by atoms with Gasteiger partial charge in [-0.05, 0) is 6.42 Å². The monoisotopic (exact) mass is 210 g/mol. The van der Waals surface area contributed by atoms with Crippen molar-refractivity contribution in [2.45, 2.75) is 25.8 Å². The first kappa shape index (κ1) is 9.70. The number of carboxylic acids is 1. The summed E-state index contributed by atoms with van der Waals surface area (Å²) in [5.41, 5.74) is -0.564. The van der Waals surface area contributed by atoms with Gasteiger partial charge >= 0.3 is 5.97 Å². The van der Waals surface area contributed by atoms with E-state index in [0.717, 1.165) is 6.42 Å². The van der Waals surface area contributed by atoms with Crippen molar-refractivity contribution in [3.63, 3.8) is 0 Å². The molecule has 0 saturated carbocycles. The lowest BCUT2D eigenvalue weighted by atomic mass is 10.2. The van der Waals surface area contributed by atoms with Gasteiger partial charge in [0.05, 0.1) is 12.0 Å². The quantitative estimate of drug-likeness (QED) is 0.687. The number of aromatic nitrogens is 2. The summed E-state index contributed by atoms with van der Waals surface area (Å²) in [4.78, 5) is 26.0. The Bertz CT molecular complexity index is 478. The van der Waals surface area contributed by atoms with Crippen molar-refractivity contribution in [1.82, 2.24) is 9.55 Å². The number of nitrogens with zero attached hydrogens (tertiary/aromatic N) is 2. The Morgan fingerprint density at radius 3 is 2.93 bits per heavy atom. The number of hydrogen-bond donors (Lipinski definition) is 2. The first-order chi connectivity index (χ1) is 7.09. The Balaban J connectivity index is 2.56. The minimum atomic E-state index is -1.15. The van der Waals surface area contributed by atoms with Crippen molar-refractivity contribution in [2.24, 2.45) is 0 Å². The second kappa shape index (κ2) is 3.38. The van der Waals surface area contributed by atoms with Crippen LogP contribution in [0.3, 0.4) is 0 Å². The number of carbonyl (C=O) groups is 1. The van der Waals surface area contributed by atoms with Gasteiger partial charge in [-0.2, -0.15) is 4.98 Å². The number of carboxylic acid groups (broad SMARTS) is 1. The molecule has 6 heteroatoms. The first-order valence-electron chi connectivity index (χ1n) is 4.63.